The van der Waals surface area contributed by atoms with Crippen LogP contribution >= 0.6 is 0 Å². The molecule has 4 amide bonds. The highest BCUT2D eigenvalue weighted by Gasteiger charge is 2.56. The highest BCUT2D eigenvalue weighted by molar-refractivity contribution is 6.07. The van der Waals surface area contributed by atoms with Crippen molar-refractivity contribution in [2.75, 3.05) is 24.5 Å². The Bertz CT molecular complexity index is 1120. The van der Waals surface area contributed by atoms with Gasteiger partial charge >= 0.3 is 6.03 Å². The van der Waals surface area contributed by atoms with Crippen LogP contribution in [0, 0.1) is 17.7 Å². The average molecular weight is 469 g/mol. The fourth-order valence-electron chi connectivity index (χ4n) is 5.41. The van der Waals surface area contributed by atoms with E-state index in [1.807, 2.05) is 24.8 Å². The molecule has 0 bridgehead atoms. The Morgan fingerprint density at radius 2 is 2.09 bits per heavy atom. The van der Waals surface area contributed by atoms with Crippen molar-refractivity contribution in [3.05, 3.63) is 36.4 Å². The van der Waals surface area contributed by atoms with Gasteiger partial charge < -0.3 is 15.1 Å². The first-order valence-corrected chi connectivity index (χ1v) is 11.8. The summed E-state index contributed by atoms with van der Waals surface area (Å²) in [4.78, 5) is 41.7. The molecule has 10 heteroatoms. The second kappa shape index (κ2) is 8.41. The van der Waals surface area contributed by atoms with Crippen molar-refractivity contribution in [2.24, 2.45) is 11.8 Å². The monoisotopic (exact) mass is 468 g/mol. The second-order valence-electron chi connectivity index (χ2n) is 9.74. The minimum Gasteiger partial charge on any atom is -0.365 e. The molecule has 3 aliphatic rings. The van der Waals surface area contributed by atoms with Gasteiger partial charge in [0, 0.05) is 54.6 Å². The summed E-state index contributed by atoms with van der Waals surface area (Å²) in [5, 5.41) is 11.8. The highest BCUT2D eigenvalue weighted by atomic mass is 19.1. The number of amides is 4. The normalized spacial score (nSPS) is 25.8. The van der Waals surface area contributed by atoms with E-state index in [9.17, 15) is 18.8 Å². The van der Waals surface area contributed by atoms with Gasteiger partial charge in [-0.15, -0.1) is 0 Å². The lowest BCUT2D eigenvalue weighted by molar-refractivity contribution is -0.137. The first-order valence-electron chi connectivity index (χ1n) is 11.8. The molecule has 1 aliphatic carbocycles. The molecule has 5 rings (SSSR count). The minimum atomic E-state index is -0.975. The standard InChI is InChI=1S/C24H29FN6O3/c1-14(10-24(17-3-4-17)22(33)28-23(34)29-24)21(32)30-7-8-31(15(2)13-30)18-5-6-20(25)19(9-18)16-11-26-27-12-16/h5-6,9,11-12,14-15,17H,3-4,7-8,10,13H2,1-2H3,(H,26,27)(H2,28,29,33,34)/t14?,15-,24?/m0/s1. The van der Waals surface area contributed by atoms with Crippen LogP contribution in [0.15, 0.2) is 30.6 Å². The zero-order valence-electron chi connectivity index (χ0n) is 19.3. The number of carbonyl (C=O) groups excluding carboxylic acids is 3. The number of carbonyl (C=O) groups is 3. The number of imide groups is 1. The number of anilines is 1. The molecule has 3 atom stereocenters. The average Bonchev–Trinajstić information content (AvgIpc) is 3.45. The molecule has 34 heavy (non-hydrogen) atoms. The van der Waals surface area contributed by atoms with Crippen LogP contribution < -0.4 is 15.5 Å². The molecule has 2 aliphatic heterocycles. The number of rotatable bonds is 6. The second-order valence-corrected chi connectivity index (χ2v) is 9.74. The van der Waals surface area contributed by atoms with E-state index in [0.29, 0.717) is 37.2 Å². The fourth-order valence-corrected chi connectivity index (χ4v) is 5.41. The molecule has 9 nitrogen and oxygen atoms in total. The van der Waals surface area contributed by atoms with E-state index in [1.54, 1.807) is 18.5 Å². The first-order chi connectivity index (χ1) is 16.3. The van der Waals surface area contributed by atoms with Crippen molar-refractivity contribution in [1.29, 1.82) is 0 Å². The minimum absolute atomic E-state index is 0.0151. The van der Waals surface area contributed by atoms with Gasteiger partial charge in [-0.1, -0.05) is 6.92 Å². The Labute approximate surface area is 197 Å². The number of hydrogen-bond acceptors (Lipinski definition) is 5. The highest BCUT2D eigenvalue weighted by Crippen LogP contribution is 2.44. The summed E-state index contributed by atoms with van der Waals surface area (Å²) in [5.74, 6) is -0.954. The maximum atomic E-state index is 14.4. The van der Waals surface area contributed by atoms with Crippen LogP contribution in [0.25, 0.3) is 11.1 Å². The molecule has 2 aromatic rings. The molecule has 2 unspecified atom stereocenters. The lowest BCUT2D eigenvalue weighted by atomic mass is 9.83. The number of urea groups is 1. The van der Waals surface area contributed by atoms with Crippen molar-refractivity contribution in [3.8, 4) is 11.1 Å². The number of nitrogens with zero attached hydrogens (tertiary/aromatic N) is 3. The van der Waals surface area contributed by atoms with Crippen molar-refractivity contribution in [1.82, 2.24) is 25.7 Å². The molecule has 3 N–H and O–H groups in total. The molecule has 180 valence electrons. The number of piperazine rings is 1. The van der Waals surface area contributed by atoms with Gasteiger partial charge in [-0.2, -0.15) is 5.10 Å². The topological polar surface area (TPSA) is 110 Å². The summed E-state index contributed by atoms with van der Waals surface area (Å²) in [6.45, 7) is 5.54. The third kappa shape index (κ3) is 3.91. The number of halogens is 1. The van der Waals surface area contributed by atoms with Crippen LogP contribution in [0.3, 0.4) is 0 Å². The summed E-state index contributed by atoms with van der Waals surface area (Å²) >= 11 is 0. The van der Waals surface area contributed by atoms with E-state index in [1.165, 1.54) is 6.07 Å². The largest absolute Gasteiger partial charge is 0.365 e. The number of hydrogen-bond donors (Lipinski definition) is 3. The molecule has 3 heterocycles. The lowest BCUT2D eigenvalue weighted by Crippen LogP contribution is -2.56. The quantitative estimate of drug-likeness (QED) is 0.564. The molecular formula is C24H29FN6O3. The molecule has 0 spiro atoms. The zero-order chi connectivity index (χ0) is 24.0. The molecule has 1 aromatic carbocycles. The van der Waals surface area contributed by atoms with E-state index in [-0.39, 0.29) is 29.6 Å². The first kappa shape index (κ1) is 22.4. The Balaban J connectivity index is 1.26. The number of aromatic nitrogens is 2. The summed E-state index contributed by atoms with van der Waals surface area (Å²) < 4.78 is 14.4. The lowest BCUT2D eigenvalue weighted by Gasteiger charge is -2.42. The maximum Gasteiger partial charge on any atom is 0.322 e. The van der Waals surface area contributed by atoms with Gasteiger partial charge in [0.2, 0.25) is 5.91 Å². The number of H-pyrrole nitrogens is 1. The van der Waals surface area contributed by atoms with Gasteiger partial charge in [-0.05, 0) is 50.3 Å². The summed E-state index contributed by atoms with van der Waals surface area (Å²) in [6, 6.07) is 4.59. The van der Waals surface area contributed by atoms with Gasteiger partial charge in [0.05, 0.1) is 6.20 Å². The third-order valence-corrected chi connectivity index (χ3v) is 7.32. The predicted molar refractivity (Wildman–Crippen MR) is 123 cm³/mol. The van der Waals surface area contributed by atoms with Crippen molar-refractivity contribution in [3.63, 3.8) is 0 Å². The Morgan fingerprint density at radius 1 is 1.29 bits per heavy atom. The van der Waals surface area contributed by atoms with Crippen LogP contribution in [-0.2, 0) is 9.59 Å². The van der Waals surface area contributed by atoms with E-state index < -0.39 is 17.5 Å². The van der Waals surface area contributed by atoms with Crippen LogP contribution in [0.2, 0.25) is 0 Å². The Morgan fingerprint density at radius 3 is 2.71 bits per heavy atom. The van der Waals surface area contributed by atoms with Gasteiger partial charge in [0.1, 0.15) is 11.4 Å². The van der Waals surface area contributed by atoms with Gasteiger partial charge in [0.25, 0.3) is 5.91 Å². The molecule has 2 saturated heterocycles. The van der Waals surface area contributed by atoms with Crippen LogP contribution in [0.5, 0.6) is 0 Å². The molecule has 0 radical (unpaired) electrons. The summed E-state index contributed by atoms with van der Waals surface area (Å²) in [7, 11) is 0. The SMILES string of the molecule is CC(CC1(C2CC2)NC(=O)NC1=O)C(=O)N1CCN(c2ccc(F)c(-c3cn[nH]c3)c2)[C@@H](C)C1. The third-order valence-electron chi connectivity index (χ3n) is 7.32. The smallest absolute Gasteiger partial charge is 0.322 e. The molecular weight excluding hydrogens is 439 g/mol. The summed E-state index contributed by atoms with van der Waals surface area (Å²) in [6.07, 6.45) is 5.30. The molecule has 1 saturated carbocycles. The predicted octanol–water partition coefficient (Wildman–Crippen LogP) is 2.27. The van der Waals surface area contributed by atoms with Crippen LogP contribution in [0.1, 0.15) is 33.1 Å². The van der Waals surface area contributed by atoms with E-state index >= 15 is 0 Å². The van der Waals surface area contributed by atoms with E-state index in [0.717, 1.165) is 18.5 Å². The van der Waals surface area contributed by atoms with Crippen LogP contribution in [-0.4, -0.2) is 64.2 Å². The van der Waals surface area contributed by atoms with Crippen LogP contribution in [0.4, 0.5) is 14.9 Å². The van der Waals surface area contributed by atoms with Crippen molar-refractivity contribution < 1.29 is 18.8 Å². The van der Waals surface area contributed by atoms with Crippen molar-refractivity contribution >= 4 is 23.5 Å². The van der Waals surface area contributed by atoms with Crippen molar-refractivity contribution in [2.45, 2.75) is 44.7 Å². The molecule has 1 aromatic heterocycles. The van der Waals surface area contributed by atoms with Gasteiger partial charge in [-0.3, -0.25) is 20.0 Å². The van der Waals surface area contributed by atoms with Gasteiger partial charge in [0.15, 0.2) is 0 Å². The maximum absolute atomic E-state index is 14.4. The van der Waals surface area contributed by atoms with E-state index in [4.69, 9.17) is 0 Å². The zero-order valence-corrected chi connectivity index (χ0v) is 19.3. The Kier molecular flexibility index (Phi) is 5.53. The summed E-state index contributed by atoms with van der Waals surface area (Å²) in [5.41, 5.74) is 1.08. The number of aromatic amines is 1. The van der Waals surface area contributed by atoms with E-state index in [2.05, 4.69) is 25.7 Å². The molecule has 3 fully saturated rings. The number of benzene rings is 1. The fraction of sp³-hybridized carbons (Fsp3) is 0.500. The number of nitrogens with one attached hydrogen (secondary N) is 3. The Hall–Kier alpha value is -3.43. The van der Waals surface area contributed by atoms with Gasteiger partial charge in [-0.25, -0.2) is 9.18 Å².